The van der Waals surface area contributed by atoms with Gasteiger partial charge in [0.25, 0.3) is 5.91 Å². The average Bonchev–Trinajstić information content (AvgIpc) is 3.20. The van der Waals surface area contributed by atoms with E-state index in [1.165, 1.54) is 13.0 Å². The van der Waals surface area contributed by atoms with Crippen molar-refractivity contribution in [3.05, 3.63) is 53.4 Å². The van der Waals surface area contributed by atoms with Gasteiger partial charge in [0.15, 0.2) is 5.78 Å². The number of amides is 2. The summed E-state index contributed by atoms with van der Waals surface area (Å²) in [6, 6.07) is 8.72. The third-order valence-corrected chi connectivity index (χ3v) is 4.40. The number of hydrogen-bond donors (Lipinski definition) is 3. The number of nitrogens with one attached hydrogen (secondary N) is 2. The first-order valence-corrected chi connectivity index (χ1v) is 9.64. The van der Waals surface area contributed by atoms with Gasteiger partial charge in [0, 0.05) is 6.07 Å². The Bertz CT molecular complexity index is 924. The lowest BCUT2D eigenvalue weighted by Crippen LogP contribution is -2.41. The zero-order valence-electron chi connectivity index (χ0n) is 17.5. The van der Waals surface area contributed by atoms with Crippen LogP contribution in [0.3, 0.4) is 0 Å². The van der Waals surface area contributed by atoms with Gasteiger partial charge < -0.3 is 25.0 Å². The molecule has 1 aromatic carbocycles. The maximum atomic E-state index is 12.3. The fourth-order valence-corrected chi connectivity index (χ4v) is 2.72. The Morgan fingerprint density at radius 2 is 1.81 bits per heavy atom. The van der Waals surface area contributed by atoms with Gasteiger partial charge >= 0.3 is 12.1 Å². The van der Waals surface area contributed by atoms with Gasteiger partial charge in [-0.2, -0.15) is 0 Å². The highest BCUT2D eigenvalue weighted by Gasteiger charge is 2.27. The lowest BCUT2D eigenvalue weighted by Gasteiger charge is -2.19. The Morgan fingerprint density at radius 1 is 1.13 bits per heavy atom. The molecule has 3 N–H and O–H groups in total. The van der Waals surface area contributed by atoms with E-state index in [9.17, 15) is 19.2 Å². The second-order valence-electron chi connectivity index (χ2n) is 7.28. The molecule has 0 saturated heterocycles. The van der Waals surface area contributed by atoms with Crippen LogP contribution >= 0.6 is 0 Å². The van der Waals surface area contributed by atoms with E-state index >= 15 is 0 Å². The normalized spacial score (nSPS) is 12.6. The Balaban J connectivity index is 2.02. The molecule has 1 heterocycles. The summed E-state index contributed by atoms with van der Waals surface area (Å²) in [7, 11) is 0. The van der Waals surface area contributed by atoms with Crippen LogP contribution in [0.15, 0.2) is 40.9 Å². The third kappa shape index (κ3) is 7.25. The molecule has 2 amide bonds. The first kappa shape index (κ1) is 23.6. The van der Waals surface area contributed by atoms with Gasteiger partial charge in [0.2, 0.25) is 5.76 Å². The molecule has 0 fully saturated rings. The van der Waals surface area contributed by atoms with Gasteiger partial charge in [0.1, 0.15) is 12.3 Å². The van der Waals surface area contributed by atoms with Crippen LogP contribution in [0.25, 0.3) is 0 Å². The second-order valence-corrected chi connectivity index (χ2v) is 7.28. The summed E-state index contributed by atoms with van der Waals surface area (Å²) >= 11 is 0. The molecule has 0 spiro atoms. The molecular formula is C21H25N3O7. The molecule has 0 aliphatic carbocycles. The number of benzene rings is 1. The second kappa shape index (κ2) is 10.9. The SMILES string of the molecule is CC(=O)[C@H](CC(=O)O)NC(=O)c1cc([C@@H](NC(=O)OCc2ccccc2)C(C)C)no1. The fourth-order valence-electron chi connectivity index (χ4n) is 2.72. The molecule has 10 heteroatoms. The zero-order valence-corrected chi connectivity index (χ0v) is 17.5. The number of aromatic nitrogens is 1. The quantitative estimate of drug-likeness (QED) is 0.520. The number of nitrogens with zero attached hydrogens (tertiary/aromatic N) is 1. The van der Waals surface area contributed by atoms with Crippen molar-refractivity contribution < 1.29 is 33.5 Å². The molecule has 0 unspecified atom stereocenters. The van der Waals surface area contributed by atoms with E-state index in [0.717, 1.165) is 5.56 Å². The summed E-state index contributed by atoms with van der Waals surface area (Å²) in [6.07, 6.45) is -1.21. The minimum Gasteiger partial charge on any atom is -0.481 e. The summed E-state index contributed by atoms with van der Waals surface area (Å²) in [6.45, 7) is 4.96. The molecule has 2 atom stereocenters. The average molecular weight is 431 g/mol. The summed E-state index contributed by atoms with van der Waals surface area (Å²) < 4.78 is 10.3. The highest BCUT2D eigenvalue weighted by Crippen LogP contribution is 2.22. The molecule has 0 bridgehead atoms. The Kier molecular flexibility index (Phi) is 8.30. The van der Waals surface area contributed by atoms with Crippen LogP contribution < -0.4 is 10.6 Å². The topological polar surface area (TPSA) is 148 Å². The smallest absolute Gasteiger partial charge is 0.408 e. The van der Waals surface area contributed by atoms with E-state index in [1.54, 1.807) is 0 Å². The minimum atomic E-state index is -1.23. The standard InChI is InChI=1S/C21H25N3O7/c1-12(2)19(23-21(29)30-11-14-7-5-4-6-8-14)16-9-17(31-24-16)20(28)22-15(13(3)25)10-18(26)27/h4-9,12,15,19H,10-11H2,1-3H3,(H,22,28)(H,23,29)(H,26,27)/t15-,19-/m0/s1. The van der Waals surface area contributed by atoms with Crippen LogP contribution in [0, 0.1) is 5.92 Å². The molecule has 2 rings (SSSR count). The van der Waals surface area contributed by atoms with Crippen LogP contribution in [0.1, 0.15) is 55.0 Å². The van der Waals surface area contributed by atoms with Gasteiger partial charge in [-0.25, -0.2) is 4.79 Å². The number of hydrogen-bond acceptors (Lipinski definition) is 7. The number of carbonyl (C=O) groups excluding carboxylic acids is 3. The van der Waals surface area contributed by atoms with Gasteiger partial charge in [-0.05, 0) is 18.4 Å². The van der Waals surface area contributed by atoms with E-state index in [1.807, 2.05) is 44.2 Å². The number of ether oxygens (including phenoxy) is 1. The summed E-state index contributed by atoms with van der Waals surface area (Å²) in [5.41, 5.74) is 1.12. The van der Waals surface area contributed by atoms with E-state index in [2.05, 4.69) is 15.8 Å². The number of carboxylic acids is 1. The van der Waals surface area contributed by atoms with Crippen molar-refractivity contribution >= 4 is 23.8 Å². The van der Waals surface area contributed by atoms with Gasteiger partial charge in [-0.1, -0.05) is 49.3 Å². The van der Waals surface area contributed by atoms with Crippen LogP contribution in [-0.4, -0.2) is 40.1 Å². The number of alkyl carbamates (subject to hydrolysis) is 1. The predicted molar refractivity (Wildman–Crippen MR) is 108 cm³/mol. The fraction of sp³-hybridized carbons (Fsp3) is 0.381. The first-order chi connectivity index (χ1) is 14.7. The Hall–Kier alpha value is -3.69. The van der Waals surface area contributed by atoms with Gasteiger partial charge in [0.05, 0.1) is 18.5 Å². The third-order valence-electron chi connectivity index (χ3n) is 4.40. The summed E-state index contributed by atoms with van der Waals surface area (Å²) in [4.78, 5) is 46.9. The van der Waals surface area contributed by atoms with Crippen molar-refractivity contribution in [3.63, 3.8) is 0 Å². The van der Waals surface area contributed by atoms with Crippen molar-refractivity contribution in [1.29, 1.82) is 0 Å². The number of rotatable bonds is 10. The maximum Gasteiger partial charge on any atom is 0.408 e. The van der Waals surface area contributed by atoms with Crippen molar-refractivity contribution in [2.45, 2.75) is 45.9 Å². The largest absolute Gasteiger partial charge is 0.481 e. The van der Waals surface area contributed by atoms with E-state index < -0.39 is 42.3 Å². The van der Waals surface area contributed by atoms with E-state index in [-0.39, 0.29) is 24.0 Å². The molecule has 0 aliphatic rings. The molecule has 1 aromatic heterocycles. The van der Waals surface area contributed by atoms with Gasteiger partial charge in [-0.15, -0.1) is 0 Å². The molecule has 2 aromatic rings. The molecule has 0 saturated carbocycles. The minimum absolute atomic E-state index is 0.0972. The van der Waals surface area contributed by atoms with Crippen molar-refractivity contribution in [2.75, 3.05) is 0 Å². The van der Waals surface area contributed by atoms with E-state index in [4.69, 9.17) is 14.4 Å². The number of carbonyl (C=O) groups is 4. The number of Topliss-reactive ketones (excluding diaryl/α,β-unsaturated/α-hetero) is 1. The van der Waals surface area contributed by atoms with Crippen LogP contribution in [-0.2, 0) is 20.9 Å². The van der Waals surface area contributed by atoms with Gasteiger partial charge in [-0.3, -0.25) is 14.4 Å². The number of aliphatic carboxylic acids is 1. The highest BCUT2D eigenvalue weighted by molar-refractivity contribution is 5.96. The summed E-state index contributed by atoms with van der Waals surface area (Å²) in [5.74, 6) is -2.83. The predicted octanol–water partition coefficient (Wildman–Crippen LogP) is 2.46. The maximum absolute atomic E-state index is 12.3. The van der Waals surface area contributed by atoms with Crippen LogP contribution in [0.2, 0.25) is 0 Å². The molecule has 0 radical (unpaired) electrons. The van der Waals surface area contributed by atoms with Crippen LogP contribution in [0.5, 0.6) is 0 Å². The highest BCUT2D eigenvalue weighted by atomic mass is 16.5. The first-order valence-electron chi connectivity index (χ1n) is 9.64. The van der Waals surface area contributed by atoms with Crippen LogP contribution in [0.4, 0.5) is 4.79 Å². The number of carboxylic acid groups (broad SMARTS) is 1. The van der Waals surface area contributed by atoms with E-state index in [0.29, 0.717) is 0 Å². The number of ketones is 1. The molecule has 166 valence electrons. The molecular weight excluding hydrogens is 406 g/mol. The van der Waals surface area contributed by atoms with Crippen molar-refractivity contribution in [1.82, 2.24) is 15.8 Å². The molecule has 31 heavy (non-hydrogen) atoms. The molecule has 0 aliphatic heterocycles. The zero-order chi connectivity index (χ0) is 23.0. The Morgan fingerprint density at radius 3 is 2.39 bits per heavy atom. The molecule has 10 nitrogen and oxygen atoms in total. The lowest BCUT2D eigenvalue weighted by molar-refractivity contribution is -0.139. The van der Waals surface area contributed by atoms with Crippen molar-refractivity contribution in [3.8, 4) is 0 Å². The summed E-state index contributed by atoms with van der Waals surface area (Å²) in [5, 5.41) is 17.7. The Labute approximate surface area is 178 Å². The monoisotopic (exact) mass is 431 g/mol. The lowest BCUT2D eigenvalue weighted by atomic mass is 10.0. The van der Waals surface area contributed by atoms with Crippen molar-refractivity contribution in [2.24, 2.45) is 5.92 Å².